The predicted molar refractivity (Wildman–Crippen MR) is 93.9 cm³/mol. The van der Waals surface area contributed by atoms with Crippen molar-refractivity contribution in [3.63, 3.8) is 0 Å². The normalized spacial score (nSPS) is 41.9. The van der Waals surface area contributed by atoms with Gasteiger partial charge in [0.15, 0.2) is 12.6 Å². The Hall–Kier alpha value is -0.440. The zero-order chi connectivity index (χ0) is 20.7. The Morgan fingerprint density at radius 2 is 1.61 bits per heavy atom. The first-order chi connectivity index (χ1) is 13.4. The Kier molecular flexibility index (Phi) is 9.93. The summed E-state index contributed by atoms with van der Waals surface area (Å²) in [5.74, 6) is 0. The van der Waals surface area contributed by atoms with E-state index in [9.17, 15) is 30.6 Å². The van der Waals surface area contributed by atoms with Crippen LogP contribution >= 0.6 is 0 Å². The van der Waals surface area contributed by atoms with E-state index in [1.54, 1.807) is 0 Å². The zero-order valence-electron chi connectivity index (χ0n) is 15.7. The highest BCUT2D eigenvalue weighted by Gasteiger charge is 2.48. The van der Waals surface area contributed by atoms with Crippen molar-refractivity contribution in [2.24, 2.45) is 5.73 Å². The molecule has 11 heteroatoms. The number of nitrogens with two attached hydrogens (primary N) is 1. The molecule has 8 N–H and O–H groups in total. The molecule has 28 heavy (non-hydrogen) atoms. The number of hydrogen-bond acceptors (Lipinski definition) is 11. The van der Waals surface area contributed by atoms with Gasteiger partial charge in [0.1, 0.15) is 30.5 Å². The minimum absolute atomic E-state index is 0.0212. The van der Waals surface area contributed by atoms with Gasteiger partial charge in [-0.25, -0.2) is 0 Å². The molecule has 0 amide bonds. The Bertz CT molecular complexity index is 442. The third kappa shape index (κ3) is 6.03. The largest absolute Gasteiger partial charge is 0.394 e. The number of aliphatic hydroxyl groups is 6. The lowest BCUT2D eigenvalue weighted by atomic mass is 9.98. The molecule has 0 aromatic heterocycles. The summed E-state index contributed by atoms with van der Waals surface area (Å²) in [6.45, 7) is -0.0729. The summed E-state index contributed by atoms with van der Waals surface area (Å²) >= 11 is 0. The van der Waals surface area contributed by atoms with Gasteiger partial charge in [0.25, 0.3) is 0 Å². The zero-order valence-corrected chi connectivity index (χ0v) is 15.7. The van der Waals surface area contributed by atoms with Gasteiger partial charge in [-0.05, 0) is 25.8 Å². The van der Waals surface area contributed by atoms with Crippen LogP contribution in [0, 0.1) is 0 Å². The molecule has 2 saturated heterocycles. The first-order valence-corrected chi connectivity index (χ1v) is 9.65. The molecule has 0 bridgehead atoms. The van der Waals surface area contributed by atoms with Crippen LogP contribution in [0.25, 0.3) is 0 Å². The van der Waals surface area contributed by atoms with E-state index in [4.69, 9.17) is 24.7 Å². The smallest absolute Gasteiger partial charge is 0.186 e. The van der Waals surface area contributed by atoms with Crippen molar-refractivity contribution < 1.29 is 49.6 Å². The molecule has 2 aliphatic heterocycles. The summed E-state index contributed by atoms with van der Waals surface area (Å²) in [4.78, 5) is 0. The maximum atomic E-state index is 10.4. The molecule has 2 aliphatic rings. The molecule has 0 aromatic rings. The lowest BCUT2D eigenvalue weighted by molar-refractivity contribution is -0.350. The highest BCUT2D eigenvalue weighted by atomic mass is 16.7. The van der Waals surface area contributed by atoms with E-state index < -0.39 is 61.9 Å². The number of unbranched alkanes of at least 4 members (excludes halogenated alkanes) is 2. The third-order valence-corrected chi connectivity index (χ3v) is 4.95. The molecular weight excluding hydrogens is 378 g/mol. The van der Waals surface area contributed by atoms with Gasteiger partial charge in [-0.1, -0.05) is 0 Å². The molecule has 0 aromatic carbocycles. The molecule has 2 heterocycles. The number of aliphatic hydroxyl groups excluding tert-OH is 6. The van der Waals surface area contributed by atoms with Gasteiger partial charge in [-0.15, -0.1) is 0 Å². The van der Waals surface area contributed by atoms with E-state index in [2.05, 4.69) is 0 Å². The molecule has 0 radical (unpaired) electrons. The van der Waals surface area contributed by atoms with Gasteiger partial charge < -0.3 is 55.3 Å². The molecule has 2 fully saturated rings. The van der Waals surface area contributed by atoms with E-state index in [0.29, 0.717) is 13.0 Å². The Morgan fingerprint density at radius 1 is 0.857 bits per heavy atom. The van der Waals surface area contributed by atoms with Crippen LogP contribution in [0.4, 0.5) is 0 Å². The summed E-state index contributed by atoms with van der Waals surface area (Å²) in [5, 5.41) is 59.5. The molecule has 166 valence electrons. The first-order valence-electron chi connectivity index (χ1n) is 9.65. The number of ether oxygens (including phenoxy) is 4. The topological polar surface area (TPSA) is 184 Å². The van der Waals surface area contributed by atoms with Gasteiger partial charge in [-0.2, -0.15) is 0 Å². The van der Waals surface area contributed by atoms with Gasteiger partial charge in [0.05, 0.1) is 25.4 Å². The lowest BCUT2D eigenvalue weighted by Gasteiger charge is -2.45. The average Bonchev–Trinajstić information content (AvgIpc) is 2.69. The van der Waals surface area contributed by atoms with Crippen molar-refractivity contribution in [2.75, 3.05) is 26.4 Å². The van der Waals surface area contributed by atoms with Crippen molar-refractivity contribution in [3.8, 4) is 0 Å². The van der Waals surface area contributed by atoms with Crippen molar-refractivity contribution >= 4 is 0 Å². The minimum Gasteiger partial charge on any atom is -0.394 e. The monoisotopic (exact) mass is 411 g/mol. The highest BCUT2D eigenvalue weighted by molar-refractivity contribution is 4.92. The summed E-state index contributed by atoms with van der Waals surface area (Å²) in [6, 6.07) is 0. The van der Waals surface area contributed by atoms with E-state index in [1.807, 2.05) is 0 Å². The Balaban J connectivity index is 1.95. The Morgan fingerprint density at radius 3 is 2.25 bits per heavy atom. The standard InChI is InChI=1S/C17H33NO10/c18-4-2-1-3-5-25-16-14(24)13(23)15(11(8-20)27-16)28-17-12(22)10(21)6-9(7-19)26-17/h9-17,19-24H,1-8,18H2/t9?,10-,11?,12?,13+,14?,15+,16+,17-/m0/s1. The molecule has 11 nitrogen and oxygen atoms in total. The average molecular weight is 411 g/mol. The van der Waals surface area contributed by atoms with E-state index in [1.165, 1.54) is 0 Å². The van der Waals surface area contributed by atoms with Crippen LogP contribution in [0.15, 0.2) is 0 Å². The van der Waals surface area contributed by atoms with Gasteiger partial charge >= 0.3 is 0 Å². The second-order valence-corrected chi connectivity index (χ2v) is 7.13. The van der Waals surface area contributed by atoms with E-state index in [-0.39, 0.29) is 19.6 Å². The maximum Gasteiger partial charge on any atom is 0.186 e. The second-order valence-electron chi connectivity index (χ2n) is 7.13. The predicted octanol–water partition coefficient (Wildman–Crippen LogP) is -3.21. The van der Waals surface area contributed by atoms with Gasteiger partial charge in [0, 0.05) is 13.0 Å². The van der Waals surface area contributed by atoms with Crippen molar-refractivity contribution in [2.45, 2.75) is 81.0 Å². The van der Waals surface area contributed by atoms with Gasteiger partial charge in [0.2, 0.25) is 0 Å². The summed E-state index contributed by atoms with van der Waals surface area (Å²) in [7, 11) is 0. The molecule has 9 atom stereocenters. The van der Waals surface area contributed by atoms with Crippen molar-refractivity contribution in [1.29, 1.82) is 0 Å². The lowest BCUT2D eigenvalue weighted by Crippen LogP contribution is -2.62. The number of hydrogen-bond donors (Lipinski definition) is 7. The summed E-state index contributed by atoms with van der Waals surface area (Å²) in [6.07, 6.45) is -8.76. The van der Waals surface area contributed by atoms with Crippen LogP contribution in [-0.4, -0.2) is 112 Å². The van der Waals surface area contributed by atoms with E-state index in [0.717, 1.165) is 12.8 Å². The highest BCUT2D eigenvalue weighted by Crippen LogP contribution is 2.29. The van der Waals surface area contributed by atoms with Crippen LogP contribution in [0.5, 0.6) is 0 Å². The van der Waals surface area contributed by atoms with Crippen molar-refractivity contribution in [3.05, 3.63) is 0 Å². The quantitative estimate of drug-likeness (QED) is 0.179. The Labute approximate surface area is 163 Å². The fourth-order valence-corrected chi connectivity index (χ4v) is 3.28. The first kappa shape index (κ1) is 23.8. The molecule has 0 spiro atoms. The summed E-state index contributed by atoms with van der Waals surface area (Å²) in [5.41, 5.74) is 5.42. The SMILES string of the molecule is NCCCCCO[C@@H]1OC(CO)[C@@H](O[C@@H]2OC(CO)C[C@H](O)C2O)[C@H](O)C1O. The maximum absolute atomic E-state index is 10.4. The van der Waals surface area contributed by atoms with Crippen LogP contribution in [0.3, 0.4) is 0 Å². The van der Waals surface area contributed by atoms with Gasteiger partial charge in [-0.3, -0.25) is 0 Å². The molecule has 0 saturated carbocycles. The molecule has 0 aliphatic carbocycles. The number of rotatable bonds is 10. The van der Waals surface area contributed by atoms with E-state index >= 15 is 0 Å². The minimum atomic E-state index is -1.50. The molecular formula is C17H33NO10. The van der Waals surface area contributed by atoms with Crippen LogP contribution in [0.1, 0.15) is 25.7 Å². The van der Waals surface area contributed by atoms with Crippen LogP contribution in [-0.2, 0) is 18.9 Å². The van der Waals surface area contributed by atoms with Crippen LogP contribution < -0.4 is 5.73 Å². The van der Waals surface area contributed by atoms with Crippen LogP contribution in [0.2, 0.25) is 0 Å². The van der Waals surface area contributed by atoms with Crippen molar-refractivity contribution in [1.82, 2.24) is 0 Å². The fraction of sp³-hybridized carbons (Fsp3) is 1.00. The molecule has 2 rings (SSSR count). The molecule has 4 unspecified atom stereocenters. The summed E-state index contributed by atoms with van der Waals surface area (Å²) < 4.78 is 21.9. The fourth-order valence-electron chi connectivity index (χ4n) is 3.28. The third-order valence-electron chi connectivity index (χ3n) is 4.95. The second kappa shape index (κ2) is 11.7.